The van der Waals surface area contributed by atoms with Crippen molar-refractivity contribution in [1.29, 1.82) is 0 Å². The summed E-state index contributed by atoms with van der Waals surface area (Å²) in [4.78, 5) is 21.4. The van der Waals surface area contributed by atoms with E-state index in [1.165, 1.54) is 0 Å². The second-order valence-corrected chi connectivity index (χ2v) is 7.70. The molecule has 0 aliphatic heterocycles. The van der Waals surface area contributed by atoms with Gasteiger partial charge in [-0.3, -0.25) is 4.79 Å². The number of imidazole rings is 1. The first-order valence-electron chi connectivity index (χ1n) is 10.8. The molecular weight excluding hydrogens is 408 g/mol. The van der Waals surface area contributed by atoms with Crippen molar-refractivity contribution in [3.63, 3.8) is 0 Å². The zero-order valence-electron chi connectivity index (χ0n) is 17.9. The van der Waals surface area contributed by atoms with Crippen LogP contribution in [0.1, 0.15) is 27.3 Å². The Hall–Kier alpha value is -4.44. The number of ketones is 1. The summed E-state index contributed by atoms with van der Waals surface area (Å²) in [6, 6.07) is 34.8. The van der Waals surface area contributed by atoms with E-state index in [4.69, 9.17) is 4.74 Å². The molecule has 0 amide bonds. The number of hydrogen-bond donors (Lipinski definition) is 1. The molecule has 0 unspecified atom stereocenters. The van der Waals surface area contributed by atoms with Gasteiger partial charge in [0.1, 0.15) is 18.2 Å². The molecule has 0 saturated carbocycles. The van der Waals surface area contributed by atoms with Gasteiger partial charge in [0.05, 0.1) is 16.6 Å². The average molecular weight is 431 g/mol. The molecule has 4 heteroatoms. The van der Waals surface area contributed by atoms with Gasteiger partial charge in [-0.25, -0.2) is 4.98 Å². The Labute approximate surface area is 192 Å². The molecule has 0 saturated heterocycles. The third-order valence-corrected chi connectivity index (χ3v) is 5.36. The Morgan fingerprint density at radius 3 is 2.18 bits per heavy atom. The number of Topliss-reactive ketones (excluding diaryl/α,β-unsaturated/α-hetero) is 1. The molecule has 160 valence electrons. The number of hydrogen-bond acceptors (Lipinski definition) is 3. The van der Waals surface area contributed by atoms with Crippen LogP contribution >= 0.6 is 0 Å². The molecule has 0 aliphatic rings. The predicted octanol–water partition coefficient (Wildman–Crippen LogP) is 6.57. The van der Waals surface area contributed by atoms with Crippen molar-refractivity contribution in [3.8, 4) is 5.75 Å². The van der Waals surface area contributed by atoms with Crippen molar-refractivity contribution < 1.29 is 9.53 Å². The molecule has 1 N–H and O–H groups in total. The van der Waals surface area contributed by atoms with E-state index < -0.39 is 0 Å². The van der Waals surface area contributed by atoms with E-state index in [-0.39, 0.29) is 5.78 Å². The molecule has 5 aromatic rings. The molecular formula is C29H22N2O2. The molecule has 1 heterocycles. The number of aromatic amines is 1. The number of allylic oxidation sites excluding steroid dienone is 1. The number of H-pyrrole nitrogens is 1. The standard InChI is InChI=1S/C29H22N2O2/c32-28(23-11-5-2-6-12-23)25(29-30-26-13-7-8-14-27(26)31-29)19-21-15-17-24(18-16-21)33-20-22-9-3-1-4-10-22/h1-19H,20H2,(H,30,31). The van der Waals surface area contributed by atoms with Gasteiger partial charge < -0.3 is 9.72 Å². The summed E-state index contributed by atoms with van der Waals surface area (Å²) in [5, 5.41) is 0. The second-order valence-electron chi connectivity index (χ2n) is 7.70. The number of rotatable bonds is 7. The molecule has 5 rings (SSSR count). The van der Waals surface area contributed by atoms with Crippen molar-refractivity contribution in [2.75, 3.05) is 0 Å². The number of carbonyl (C=O) groups excluding carboxylic acids is 1. The van der Waals surface area contributed by atoms with Crippen LogP contribution < -0.4 is 4.74 Å². The molecule has 0 aliphatic carbocycles. The Morgan fingerprint density at radius 1 is 0.788 bits per heavy atom. The van der Waals surface area contributed by atoms with Crippen molar-refractivity contribution in [2.24, 2.45) is 0 Å². The van der Waals surface area contributed by atoms with Gasteiger partial charge in [-0.1, -0.05) is 84.9 Å². The Morgan fingerprint density at radius 2 is 1.45 bits per heavy atom. The number of para-hydroxylation sites is 2. The maximum atomic E-state index is 13.4. The Balaban J connectivity index is 1.45. The van der Waals surface area contributed by atoms with E-state index in [0.717, 1.165) is 27.9 Å². The quantitative estimate of drug-likeness (QED) is 0.235. The maximum absolute atomic E-state index is 13.4. The van der Waals surface area contributed by atoms with Crippen LogP contribution in [0, 0.1) is 0 Å². The number of aromatic nitrogens is 2. The smallest absolute Gasteiger partial charge is 0.196 e. The minimum absolute atomic E-state index is 0.0842. The van der Waals surface area contributed by atoms with E-state index in [1.807, 2.05) is 115 Å². The lowest BCUT2D eigenvalue weighted by Crippen LogP contribution is -2.04. The molecule has 4 aromatic carbocycles. The molecule has 4 nitrogen and oxygen atoms in total. The molecule has 0 radical (unpaired) electrons. The third kappa shape index (κ3) is 4.75. The summed E-state index contributed by atoms with van der Waals surface area (Å²) in [5.41, 5.74) is 4.85. The van der Waals surface area contributed by atoms with Crippen molar-refractivity contribution in [3.05, 3.63) is 132 Å². The summed E-state index contributed by atoms with van der Waals surface area (Å²) in [7, 11) is 0. The summed E-state index contributed by atoms with van der Waals surface area (Å²) in [6.07, 6.45) is 1.87. The molecule has 0 fully saturated rings. The first kappa shape index (κ1) is 20.5. The van der Waals surface area contributed by atoms with Gasteiger partial charge in [0.15, 0.2) is 5.78 Å². The van der Waals surface area contributed by atoms with Gasteiger partial charge >= 0.3 is 0 Å². The lowest BCUT2D eigenvalue weighted by atomic mass is 10.0. The zero-order valence-corrected chi connectivity index (χ0v) is 17.9. The van der Waals surface area contributed by atoms with Gasteiger partial charge in [0.2, 0.25) is 0 Å². The van der Waals surface area contributed by atoms with E-state index in [2.05, 4.69) is 9.97 Å². The number of benzene rings is 4. The molecule has 1 aromatic heterocycles. The van der Waals surface area contributed by atoms with E-state index in [9.17, 15) is 4.79 Å². The fourth-order valence-corrected chi connectivity index (χ4v) is 3.63. The third-order valence-electron chi connectivity index (χ3n) is 5.36. The minimum Gasteiger partial charge on any atom is -0.489 e. The Kier molecular flexibility index (Phi) is 5.81. The van der Waals surface area contributed by atoms with Gasteiger partial charge in [-0.2, -0.15) is 0 Å². The number of nitrogens with zero attached hydrogens (tertiary/aromatic N) is 1. The fourth-order valence-electron chi connectivity index (χ4n) is 3.63. The van der Waals surface area contributed by atoms with Crippen LogP contribution in [-0.4, -0.2) is 15.8 Å². The topological polar surface area (TPSA) is 55.0 Å². The lowest BCUT2D eigenvalue weighted by Gasteiger charge is -2.08. The second kappa shape index (κ2) is 9.37. The van der Waals surface area contributed by atoms with Crippen molar-refractivity contribution in [1.82, 2.24) is 9.97 Å². The molecule has 0 atom stereocenters. The van der Waals surface area contributed by atoms with Crippen LogP contribution in [0.5, 0.6) is 5.75 Å². The Bertz CT molecular complexity index is 1370. The molecule has 0 bridgehead atoms. The van der Waals surface area contributed by atoms with Gasteiger partial charge in [-0.15, -0.1) is 0 Å². The number of fused-ring (bicyclic) bond motifs is 1. The van der Waals surface area contributed by atoms with Gasteiger partial charge in [0.25, 0.3) is 0 Å². The van der Waals surface area contributed by atoms with Crippen LogP contribution in [0.2, 0.25) is 0 Å². The highest BCUT2D eigenvalue weighted by Crippen LogP contribution is 2.24. The molecule has 0 spiro atoms. The summed E-state index contributed by atoms with van der Waals surface area (Å²) >= 11 is 0. The number of carbonyl (C=O) groups is 1. The average Bonchev–Trinajstić information content (AvgIpc) is 3.31. The fraction of sp³-hybridized carbons (Fsp3) is 0.0345. The van der Waals surface area contributed by atoms with Crippen molar-refractivity contribution in [2.45, 2.75) is 6.61 Å². The number of nitrogens with one attached hydrogen (secondary N) is 1. The van der Waals surface area contributed by atoms with E-state index >= 15 is 0 Å². The minimum atomic E-state index is -0.0842. The van der Waals surface area contributed by atoms with Crippen LogP contribution in [0.15, 0.2) is 109 Å². The summed E-state index contributed by atoms with van der Waals surface area (Å²) in [6.45, 7) is 0.507. The first-order valence-corrected chi connectivity index (χ1v) is 10.8. The van der Waals surface area contributed by atoms with E-state index in [0.29, 0.717) is 23.6 Å². The van der Waals surface area contributed by atoms with Gasteiger partial charge in [0, 0.05) is 5.56 Å². The highest BCUT2D eigenvalue weighted by Gasteiger charge is 2.18. The lowest BCUT2D eigenvalue weighted by molar-refractivity contribution is 0.105. The van der Waals surface area contributed by atoms with Crippen LogP contribution in [0.4, 0.5) is 0 Å². The number of ether oxygens (including phenoxy) is 1. The van der Waals surface area contributed by atoms with Crippen LogP contribution in [0.3, 0.4) is 0 Å². The van der Waals surface area contributed by atoms with Crippen LogP contribution in [0.25, 0.3) is 22.7 Å². The zero-order chi connectivity index (χ0) is 22.5. The predicted molar refractivity (Wildman–Crippen MR) is 132 cm³/mol. The van der Waals surface area contributed by atoms with Gasteiger partial charge in [-0.05, 0) is 41.5 Å². The van der Waals surface area contributed by atoms with E-state index in [1.54, 1.807) is 0 Å². The molecule has 33 heavy (non-hydrogen) atoms. The SMILES string of the molecule is O=C(C(=Cc1ccc(OCc2ccccc2)cc1)c1nc2ccccc2[nH]1)c1ccccc1. The largest absolute Gasteiger partial charge is 0.489 e. The first-order chi connectivity index (χ1) is 16.3. The summed E-state index contributed by atoms with van der Waals surface area (Å²) in [5.74, 6) is 1.24. The summed E-state index contributed by atoms with van der Waals surface area (Å²) < 4.78 is 5.89. The monoisotopic (exact) mass is 430 g/mol. The normalized spacial score (nSPS) is 11.5. The highest BCUT2D eigenvalue weighted by molar-refractivity contribution is 6.31. The maximum Gasteiger partial charge on any atom is 0.196 e. The van der Waals surface area contributed by atoms with Crippen molar-refractivity contribution >= 4 is 28.5 Å². The van der Waals surface area contributed by atoms with Crippen LogP contribution in [-0.2, 0) is 6.61 Å². The highest BCUT2D eigenvalue weighted by atomic mass is 16.5.